The van der Waals surface area contributed by atoms with Crippen LogP contribution < -0.4 is 20.1 Å². The molecule has 0 bridgehead atoms. The van der Waals surface area contributed by atoms with Gasteiger partial charge in [-0.2, -0.15) is 0 Å². The van der Waals surface area contributed by atoms with E-state index in [1.807, 2.05) is 64.3 Å². The molecule has 4 aliphatic rings. The van der Waals surface area contributed by atoms with Crippen molar-refractivity contribution in [2.75, 3.05) is 26.0 Å². The summed E-state index contributed by atoms with van der Waals surface area (Å²) in [5.41, 5.74) is 0.0626. The monoisotopic (exact) mass is 792 g/mol. The van der Waals surface area contributed by atoms with Crippen LogP contribution in [-0.4, -0.2) is 94.5 Å². The molecule has 3 amide bonds. The molecule has 4 fully saturated rings. The highest BCUT2D eigenvalue weighted by molar-refractivity contribution is 7.91. The molecule has 3 heterocycles. The molecule has 7 rings (SSSR count). The first kappa shape index (κ1) is 39.0. The van der Waals surface area contributed by atoms with E-state index in [4.69, 9.17) is 19.4 Å². The van der Waals surface area contributed by atoms with Gasteiger partial charge < -0.3 is 25.0 Å². The van der Waals surface area contributed by atoms with Crippen LogP contribution in [0.1, 0.15) is 79.6 Å². The van der Waals surface area contributed by atoms with Crippen molar-refractivity contribution in [3.05, 3.63) is 42.3 Å². The largest absolute Gasteiger partial charge is 0.497 e. The van der Waals surface area contributed by atoms with Crippen LogP contribution >= 0.6 is 11.3 Å². The van der Waals surface area contributed by atoms with Gasteiger partial charge >= 0.3 is 0 Å². The van der Waals surface area contributed by atoms with E-state index >= 15 is 0 Å². The molecule has 15 heteroatoms. The van der Waals surface area contributed by atoms with Crippen LogP contribution in [0, 0.1) is 17.3 Å². The molecule has 3 saturated carbocycles. The summed E-state index contributed by atoms with van der Waals surface area (Å²) >= 11 is 1.48. The minimum atomic E-state index is -3.94. The van der Waals surface area contributed by atoms with Gasteiger partial charge in [-0.1, -0.05) is 26.8 Å². The van der Waals surface area contributed by atoms with Crippen LogP contribution in [0.5, 0.6) is 11.5 Å². The van der Waals surface area contributed by atoms with E-state index in [0.717, 1.165) is 27.7 Å². The summed E-state index contributed by atoms with van der Waals surface area (Å²) in [5.74, 6) is -0.658. The molecule has 1 saturated heterocycles. The van der Waals surface area contributed by atoms with Crippen molar-refractivity contribution in [2.24, 2.45) is 17.3 Å². The molecule has 3 aliphatic carbocycles. The Morgan fingerprint density at radius 1 is 1.15 bits per heavy atom. The maximum absolute atomic E-state index is 14.4. The maximum Gasteiger partial charge on any atom is 0.262 e. The van der Waals surface area contributed by atoms with Crippen LogP contribution in [0.2, 0.25) is 0 Å². The van der Waals surface area contributed by atoms with Crippen molar-refractivity contribution >= 4 is 55.1 Å². The number of pyridine rings is 1. The van der Waals surface area contributed by atoms with Gasteiger partial charge in [-0.3, -0.25) is 14.4 Å². The molecule has 0 radical (unpaired) electrons. The first-order chi connectivity index (χ1) is 25.9. The number of ether oxygens (including phenoxy) is 2. The zero-order valence-electron chi connectivity index (χ0n) is 32.7. The molecule has 1 aliphatic heterocycles. The Kier molecular flexibility index (Phi) is 9.97. The van der Waals surface area contributed by atoms with E-state index in [0.29, 0.717) is 41.2 Å². The summed E-state index contributed by atoms with van der Waals surface area (Å²) in [4.78, 5) is 53.6. The number of rotatable bonds is 14. The number of benzene rings is 1. The van der Waals surface area contributed by atoms with Crippen molar-refractivity contribution in [3.63, 3.8) is 0 Å². The first-order valence-corrected chi connectivity index (χ1v) is 21.4. The van der Waals surface area contributed by atoms with Crippen molar-refractivity contribution in [3.8, 4) is 22.9 Å². The van der Waals surface area contributed by atoms with Gasteiger partial charge in [0.15, 0.2) is 5.13 Å². The van der Waals surface area contributed by atoms with Crippen LogP contribution in [0.25, 0.3) is 22.3 Å². The number of thiazole rings is 1. The number of nitrogens with one attached hydrogen (secondary N) is 2. The second-order valence-electron chi connectivity index (χ2n) is 17.1. The van der Waals surface area contributed by atoms with Crippen LogP contribution in [0.4, 0.5) is 5.13 Å². The predicted octanol–water partition coefficient (Wildman–Crippen LogP) is 5.76. The highest BCUT2D eigenvalue weighted by Crippen LogP contribution is 2.60. The number of aromatic nitrogens is 2. The average molecular weight is 793 g/mol. The molecule has 2 N–H and O–H groups in total. The van der Waals surface area contributed by atoms with Gasteiger partial charge in [0, 0.05) is 54.7 Å². The fourth-order valence-electron chi connectivity index (χ4n) is 7.97. The number of anilines is 1. The van der Waals surface area contributed by atoms with Gasteiger partial charge in [0.2, 0.25) is 21.8 Å². The number of hydrogen-bond donors (Lipinski definition) is 2. The highest BCUT2D eigenvalue weighted by Gasteiger charge is 2.68. The average Bonchev–Trinajstić information content (AvgIpc) is 4.07. The summed E-state index contributed by atoms with van der Waals surface area (Å²) in [7, 11) is -1.04. The van der Waals surface area contributed by atoms with E-state index in [-0.39, 0.29) is 49.1 Å². The minimum absolute atomic E-state index is 0.0713. The van der Waals surface area contributed by atoms with Crippen molar-refractivity contribution in [2.45, 2.75) is 108 Å². The van der Waals surface area contributed by atoms with Gasteiger partial charge in [0.25, 0.3) is 5.91 Å². The molecule has 55 heavy (non-hydrogen) atoms. The number of fused-ring (bicyclic) bond motifs is 1. The SMILES string of the molecule is C=CC1CC1(NC(=O)C1CC(Oc2cc(-c3csc(NC(C)C)n3)nc3cc(OC)ccc23)CN1C(=O)CC(C)(C)C)C(=O)N(C)S(=O)(=O)C1(C2CC2)CC1. The molecular formula is C40H52N6O7S2. The van der Waals surface area contributed by atoms with Crippen molar-refractivity contribution in [1.82, 2.24) is 24.5 Å². The topological polar surface area (TPSA) is 160 Å². The third-order valence-electron chi connectivity index (χ3n) is 11.3. The van der Waals surface area contributed by atoms with Gasteiger partial charge in [0.1, 0.15) is 34.9 Å². The number of nitrogens with zero attached hydrogens (tertiary/aromatic N) is 4. The Hall–Kier alpha value is -4.24. The smallest absolute Gasteiger partial charge is 0.262 e. The van der Waals surface area contributed by atoms with Gasteiger partial charge in [-0.25, -0.2) is 22.7 Å². The summed E-state index contributed by atoms with van der Waals surface area (Å²) < 4.78 is 39.8. The fourth-order valence-corrected chi connectivity index (χ4v) is 11.0. The minimum Gasteiger partial charge on any atom is -0.497 e. The maximum atomic E-state index is 14.4. The number of carbonyl (C=O) groups excluding carboxylic acids is 3. The number of hydrogen-bond acceptors (Lipinski definition) is 11. The van der Waals surface area contributed by atoms with E-state index in [9.17, 15) is 22.8 Å². The molecule has 4 atom stereocenters. The van der Waals surface area contributed by atoms with Gasteiger partial charge in [-0.15, -0.1) is 17.9 Å². The van der Waals surface area contributed by atoms with E-state index < -0.39 is 50.2 Å². The molecule has 13 nitrogen and oxygen atoms in total. The number of methoxy groups -OCH3 is 1. The van der Waals surface area contributed by atoms with Gasteiger partial charge in [-0.05, 0) is 69.4 Å². The summed E-state index contributed by atoms with van der Waals surface area (Å²) in [6.45, 7) is 14.0. The molecule has 4 unspecified atom stereocenters. The zero-order valence-corrected chi connectivity index (χ0v) is 34.3. The summed E-state index contributed by atoms with van der Waals surface area (Å²) in [6.07, 6.45) is 4.31. The normalized spacial score (nSPS) is 24.4. The summed E-state index contributed by atoms with van der Waals surface area (Å²) in [5, 5.41) is 9.69. The molecule has 2 aromatic heterocycles. The third kappa shape index (κ3) is 7.41. The Balaban J connectivity index is 1.17. The molecule has 3 aromatic rings. The Labute approximate surface area is 327 Å². The molecular weight excluding hydrogens is 741 g/mol. The van der Waals surface area contributed by atoms with Crippen LogP contribution in [0.3, 0.4) is 0 Å². The van der Waals surface area contributed by atoms with Crippen LogP contribution in [-0.2, 0) is 24.4 Å². The van der Waals surface area contributed by atoms with E-state index in [2.05, 4.69) is 17.2 Å². The first-order valence-electron chi connectivity index (χ1n) is 19.1. The third-order valence-corrected chi connectivity index (χ3v) is 14.7. The van der Waals surface area contributed by atoms with E-state index in [1.54, 1.807) is 18.1 Å². The quantitative estimate of drug-likeness (QED) is 0.192. The lowest BCUT2D eigenvalue weighted by molar-refractivity contribution is -0.141. The van der Waals surface area contributed by atoms with E-state index in [1.165, 1.54) is 18.4 Å². The number of likely N-dealkylation sites (N-methyl/N-ethyl adjacent to an activating group) is 1. The summed E-state index contributed by atoms with van der Waals surface area (Å²) in [6, 6.07) is 6.58. The number of sulfonamides is 1. The predicted molar refractivity (Wildman–Crippen MR) is 212 cm³/mol. The lowest BCUT2D eigenvalue weighted by Crippen LogP contribution is -2.57. The Morgan fingerprint density at radius 3 is 2.47 bits per heavy atom. The van der Waals surface area contributed by atoms with Crippen molar-refractivity contribution in [1.29, 1.82) is 0 Å². The second kappa shape index (κ2) is 14.1. The molecule has 0 spiro atoms. The molecule has 296 valence electrons. The van der Waals surface area contributed by atoms with Crippen LogP contribution in [0.15, 0.2) is 42.3 Å². The second-order valence-corrected chi connectivity index (χ2v) is 20.3. The number of carbonyl (C=O) groups is 3. The number of amides is 3. The zero-order chi connectivity index (χ0) is 39.7. The Bertz CT molecular complexity index is 2140. The standard InChI is InChI=1S/C40H52N6O7S2/c1-9-24-19-40(24,36(49)45(7)55(50,51)39(14-15-39)25-10-11-25)44-35(48)32-17-27(21-46(32)34(47)20-38(4,5)6)53-33-18-30(31-22-54-37(43-31)41-23(2)3)42-29-16-26(52-8)12-13-28(29)33/h9,12-13,16,18,22-25,27,32H,1,10-11,14-15,17,19-21H2,2-8H3,(H,41,43)(H,44,48). The lowest BCUT2D eigenvalue weighted by Gasteiger charge is -2.31. The highest BCUT2D eigenvalue weighted by atomic mass is 32.2. The fraction of sp³-hybridized carbons (Fsp3) is 0.575. The number of likely N-dealkylation sites (tertiary alicyclic amines) is 1. The molecule has 1 aromatic carbocycles. The lowest BCUT2D eigenvalue weighted by atomic mass is 9.91. The Morgan fingerprint density at radius 2 is 1.87 bits per heavy atom. The van der Waals surface area contributed by atoms with Crippen molar-refractivity contribution < 1.29 is 32.3 Å². The van der Waals surface area contributed by atoms with Gasteiger partial charge in [0.05, 0.1) is 29.6 Å².